The van der Waals surface area contributed by atoms with Crippen molar-refractivity contribution in [1.29, 1.82) is 0 Å². The number of fused-ring (bicyclic) bond motifs is 1. The van der Waals surface area contributed by atoms with E-state index in [1.54, 1.807) is 12.1 Å². The Morgan fingerprint density at radius 1 is 1.16 bits per heavy atom. The van der Waals surface area contributed by atoms with E-state index in [0.717, 1.165) is 5.56 Å². The summed E-state index contributed by atoms with van der Waals surface area (Å²) >= 11 is 0. The number of methoxy groups -OCH3 is 2. The van der Waals surface area contributed by atoms with Crippen molar-refractivity contribution < 1.29 is 23.9 Å². The van der Waals surface area contributed by atoms with Gasteiger partial charge in [0.2, 0.25) is 0 Å². The Labute approximate surface area is 110 Å². The zero-order valence-corrected chi connectivity index (χ0v) is 10.8. The van der Waals surface area contributed by atoms with Crippen LogP contribution in [0.2, 0.25) is 0 Å². The number of rotatable bonds is 2. The predicted molar refractivity (Wildman–Crippen MR) is 65.9 cm³/mol. The Bertz CT molecular complexity index is 547. The van der Waals surface area contributed by atoms with Gasteiger partial charge in [0.25, 0.3) is 0 Å². The Kier molecular flexibility index (Phi) is 3.64. The third-order valence-electron chi connectivity index (χ3n) is 3.26. The first-order chi connectivity index (χ1) is 9.06. The SMILES string of the molecule is COC(=O)c1ccc2c(c1)C(=O)CC(C(=O)OC)C2. The summed E-state index contributed by atoms with van der Waals surface area (Å²) in [6, 6.07) is 4.81. The lowest BCUT2D eigenvalue weighted by Crippen LogP contribution is -2.27. The summed E-state index contributed by atoms with van der Waals surface area (Å²) in [5.41, 5.74) is 1.59. The van der Waals surface area contributed by atoms with E-state index >= 15 is 0 Å². The highest BCUT2D eigenvalue weighted by atomic mass is 16.5. The van der Waals surface area contributed by atoms with Crippen molar-refractivity contribution in [2.75, 3.05) is 14.2 Å². The molecule has 5 heteroatoms. The van der Waals surface area contributed by atoms with E-state index in [1.165, 1.54) is 20.3 Å². The molecule has 100 valence electrons. The molecule has 0 radical (unpaired) electrons. The number of Topliss-reactive ketones (excluding diaryl/α,β-unsaturated/α-hetero) is 1. The summed E-state index contributed by atoms with van der Waals surface area (Å²) in [6.07, 6.45) is 0.569. The first kappa shape index (κ1) is 13.3. The van der Waals surface area contributed by atoms with Crippen LogP contribution in [-0.4, -0.2) is 31.9 Å². The molecule has 0 spiro atoms. The van der Waals surface area contributed by atoms with E-state index in [2.05, 4.69) is 9.47 Å². The van der Waals surface area contributed by atoms with Gasteiger partial charge in [0, 0.05) is 12.0 Å². The van der Waals surface area contributed by atoms with Gasteiger partial charge in [-0.25, -0.2) is 4.79 Å². The predicted octanol–water partition coefficient (Wildman–Crippen LogP) is 1.39. The lowest BCUT2D eigenvalue weighted by molar-refractivity contribution is -0.145. The molecule has 0 amide bonds. The molecule has 0 fully saturated rings. The average molecular weight is 262 g/mol. The van der Waals surface area contributed by atoms with Crippen LogP contribution < -0.4 is 0 Å². The van der Waals surface area contributed by atoms with E-state index < -0.39 is 11.9 Å². The second kappa shape index (κ2) is 5.22. The lowest BCUT2D eigenvalue weighted by Gasteiger charge is -2.21. The minimum absolute atomic E-state index is 0.115. The molecule has 0 bridgehead atoms. The van der Waals surface area contributed by atoms with Crippen LogP contribution in [0.25, 0.3) is 0 Å². The van der Waals surface area contributed by atoms with Crippen LogP contribution >= 0.6 is 0 Å². The molecule has 1 atom stereocenters. The molecule has 0 aliphatic heterocycles. The highest BCUT2D eigenvalue weighted by molar-refractivity contribution is 6.03. The molecule has 0 heterocycles. The second-order valence-electron chi connectivity index (χ2n) is 4.42. The Morgan fingerprint density at radius 2 is 1.89 bits per heavy atom. The van der Waals surface area contributed by atoms with E-state index in [-0.39, 0.29) is 18.2 Å². The fourth-order valence-corrected chi connectivity index (χ4v) is 2.26. The van der Waals surface area contributed by atoms with Gasteiger partial charge in [-0.3, -0.25) is 9.59 Å². The third-order valence-corrected chi connectivity index (χ3v) is 3.26. The summed E-state index contributed by atoms with van der Waals surface area (Å²) in [7, 11) is 2.60. The first-order valence-corrected chi connectivity index (χ1v) is 5.89. The maximum Gasteiger partial charge on any atom is 0.337 e. The second-order valence-corrected chi connectivity index (χ2v) is 4.42. The molecule has 1 aromatic rings. The van der Waals surface area contributed by atoms with Crippen molar-refractivity contribution in [2.24, 2.45) is 5.92 Å². The van der Waals surface area contributed by atoms with Gasteiger partial charge < -0.3 is 9.47 Å². The molecule has 1 aromatic carbocycles. The van der Waals surface area contributed by atoms with Gasteiger partial charge in [-0.2, -0.15) is 0 Å². The topological polar surface area (TPSA) is 69.7 Å². The molecule has 1 aliphatic carbocycles. The van der Waals surface area contributed by atoms with Crippen LogP contribution in [0.3, 0.4) is 0 Å². The van der Waals surface area contributed by atoms with Crippen molar-refractivity contribution in [3.8, 4) is 0 Å². The van der Waals surface area contributed by atoms with E-state index in [0.29, 0.717) is 17.5 Å². The standard InChI is InChI=1S/C14H14O5/c1-18-13(16)9-4-3-8-5-10(14(17)19-2)7-12(15)11(8)6-9/h3-4,6,10H,5,7H2,1-2H3. The van der Waals surface area contributed by atoms with Gasteiger partial charge in [-0.05, 0) is 24.1 Å². The molecule has 2 rings (SSSR count). The van der Waals surface area contributed by atoms with Gasteiger partial charge in [0.15, 0.2) is 5.78 Å². The molecule has 1 aliphatic rings. The number of hydrogen-bond donors (Lipinski definition) is 0. The van der Waals surface area contributed by atoms with Crippen LogP contribution in [0.15, 0.2) is 18.2 Å². The smallest absolute Gasteiger partial charge is 0.337 e. The highest BCUT2D eigenvalue weighted by Gasteiger charge is 2.31. The third kappa shape index (κ3) is 2.50. The van der Waals surface area contributed by atoms with Crippen molar-refractivity contribution in [3.05, 3.63) is 34.9 Å². The van der Waals surface area contributed by atoms with Gasteiger partial charge >= 0.3 is 11.9 Å². The highest BCUT2D eigenvalue weighted by Crippen LogP contribution is 2.27. The summed E-state index contributed by atoms with van der Waals surface area (Å²) in [4.78, 5) is 34.9. The number of hydrogen-bond acceptors (Lipinski definition) is 5. The van der Waals surface area contributed by atoms with Gasteiger partial charge in [0.05, 0.1) is 25.7 Å². The number of benzene rings is 1. The van der Waals surface area contributed by atoms with Gasteiger partial charge in [-0.15, -0.1) is 0 Å². The minimum Gasteiger partial charge on any atom is -0.469 e. The molecular formula is C14H14O5. The molecule has 19 heavy (non-hydrogen) atoms. The number of carbonyl (C=O) groups excluding carboxylic acids is 3. The normalized spacial score (nSPS) is 17.6. The minimum atomic E-state index is -0.481. The zero-order valence-electron chi connectivity index (χ0n) is 10.8. The fourth-order valence-electron chi connectivity index (χ4n) is 2.26. The molecule has 0 saturated heterocycles. The summed E-state index contributed by atoms with van der Waals surface area (Å²) < 4.78 is 9.28. The first-order valence-electron chi connectivity index (χ1n) is 5.89. The van der Waals surface area contributed by atoms with Crippen molar-refractivity contribution in [3.63, 3.8) is 0 Å². The molecule has 0 saturated carbocycles. The molecule has 0 N–H and O–H groups in total. The van der Waals surface area contributed by atoms with Crippen LogP contribution in [0.4, 0.5) is 0 Å². The molecule has 1 unspecified atom stereocenters. The Morgan fingerprint density at radius 3 is 2.53 bits per heavy atom. The molecule has 5 nitrogen and oxygen atoms in total. The van der Waals surface area contributed by atoms with Crippen molar-refractivity contribution in [2.45, 2.75) is 12.8 Å². The van der Waals surface area contributed by atoms with Crippen LogP contribution in [-0.2, 0) is 20.7 Å². The monoisotopic (exact) mass is 262 g/mol. The van der Waals surface area contributed by atoms with E-state index in [1.807, 2.05) is 0 Å². The van der Waals surface area contributed by atoms with E-state index in [9.17, 15) is 14.4 Å². The van der Waals surface area contributed by atoms with Crippen LogP contribution in [0.1, 0.15) is 32.7 Å². The van der Waals surface area contributed by atoms with Crippen LogP contribution in [0.5, 0.6) is 0 Å². The lowest BCUT2D eigenvalue weighted by atomic mass is 9.82. The molecular weight excluding hydrogens is 248 g/mol. The molecule has 0 aromatic heterocycles. The number of ether oxygens (including phenoxy) is 2. The quantitative estimate of drug-likeness (QED) is 0.753. The number of carbonyl (C=O) groups is 3. The number of esters is 2. The summed E-state index contributed by atoms with van der Waals surface area (Å²) in [6.45, 7) is 0. The number of ketones is 1. The zero-order chi connectivity index (χ0) is 14.0. The van der Waals surface area contributed by atoms with E-state index in [4.69, 9.17) is 0 Å². The maximum absolute atomic E-state index is 12.0. The fraction of sp³-hybridized carbons (Fsp3) is 0.357. The van der Waals surface area contributed by atoms with Crippen LogP contribution in [0, 0.1) is 5.92 Å². The summed E-state index contributed by atoms with van der Waals surface area (Å²) in [5.74, 6) is -1.45. The van der Waals surface area contributed by atoms with Crippen molar-refractivity contribution >= 4 is 17.7 Å². The Balaban J connectivity index is 2.33. The maximum atomic E-state index is 12.0. The summed E-state index contributed by atoms with van der Waals surface area (Å²) in [5, 5.41) is 0. The largest absolute Gasteiger partial charge is 0.469 e. The van der Waals surface area contributed by atoms with Gasteiger partial charge in [0.1, 0.15) is 0 Å². The average Bonchev–Trinajstić information content (AvgIpc) is 2.45. The van der Waals surface area contributed by atoms with Gasteiger partial charge in [-0.1, -0.05) is 6.07 Å². The van der Waals surface area contributed by atoms with Crippen molar-refractivity contribution in [1.82, 2.24) is 0 Å². The Hall–Kier alpha value is -2.17.